The molecule has 2 heterocycles. The van der Waals surface area contributed by atoms with Crippen LogP contribution in [0.2, 0.25) is 0 Å². The molecule has 0 fully saturated rings. The summed E-state index contributed by atoms with van der Waals surface area (Å²) in [6.07, 6.45) is 1.49. The van der Waals surface area contributed by atoms with E-state index in [1.807, 2.05) is 13.8 Å². The molecule has 0 aliphatic rings. The van der Waals surface area contributed by atoms with Crippen LogP contribution in [0.5, 0.6) is 0 Å². The molecule has 0 atom stereocenters. The minimum absolute atomic E-state index is 0.142. The topological polar surface area (TPSA) is 120 Å². The third-order valence-corrected chi connectivity index (χ3v) is 3.34. The molecular formula is C12H18N8O2S. The van der Waals surface area contributed by atoms with Gasteiger partial charge in [-0.2, -0.15) is 19.6 Å². The van der Waals surface area contributed by atoms with Gasteiger partial charge in [0, 0.05) is 13.1 Å². The van der Waals surface area contributed by atoms with Crippen LogP contribution in [0.4, 0.5) is 11.9 Å². The molecule has 0 amide bonds. The summed E-state index contributed by atoms with van der Waals surface area (Å²) >= 11 is 1.18. The first-order valence-electron chi connectivity index (χ1n) is 7.01. The Bertz CT molecular complexity index is 638. The van der Waals surface area contributed by atoms with E-state index >= 15 is 0 Å². The van der Waals surface area contributed by atoms with Crippen molar-refractivity contribution in [2.75, 3.05) is 36.6 Å². The summed E-state index contributed by atoms with van der Waals surface area (Å²) < 4.78 is 6.01. The van der Waals surface area contributed by atoms with Crippen molar-refractivity contribution < 1.29 is 9.53 Å². The lowest BCUT2D eigenvalue weighted by atomic mass is 10.7. The zero-order chi connectivity index (χ0) is 16.7. The molecule has 2 N–H and O–H groups in total. The molecule has 0 radical (unpaired) electrons. The summed E-state index contributed by atoms with van der Waals surface area (Å²) in [5, 5.41) is 10.8. The fourth-order valence-electron chi connectivity index (χ4n) is 1.53. The van der Waals surface area contributed by atoms with Crippen molar-refractivity contribution in [1.82, 2.24) is 29.7 Å². The van der Waals surface area contributed by atoms with Crippen molar-refractivity contribution in [3.63, 3.8) is 0 Å². The molecule has 10 nitrogen and oxygen atoms in total. The maximum Gasteiger partial charge on any atom is 0.316 e. The zero-order valence-electron chi connectivity index (χ0n) is 13.1. The van der Waals surface area contributed by atoms with Crippen LogP contribution in [-0.4, -0.2) is 61.6 Å². The SMILES string of the molecule is CCNc1nc(NCC)nc(-n2cnc(SCC(=O)OC)n2)n1. The third kappa shape index (κ3) is 4.77. The lowest BCUT2D eigenvalue weighted by molar-refractivity contribution is -0.137. The van der Waals surface area contributed by atoms with Crippen LogP contribution in [0.25, 0.3) is 5.95 Å². The van der Waals surface area contributed by atoms with Crippen LogP contribution in [0.3, 0.4) is 0 Å². The molecule has 0 bridgehead atoms. The molecule has 0 aliphatic carbocycles. The van der Waals surface area contributed by atoms with E-state index in [1.165, 1.54) is 29.9 Å². The Balaban J connectivity index is 2.19. The molecule has 2 aromatic heterocycles. The van der Waals surface area contributed by atoms with Gasteiger partial charge in [0.1, 0.15) is 6.33 Å². The van der Waals surface area contributed by atoms with Crippen molar-refractivity contribution in [3.05, 3.63) is 6.33 Å². The van der Waals surface area contributed by atoms with Crippen molar-refractivity contribution >= 4 is 29.6 Å². The highest BCUT2D eigenvalue weighted by molar-refractivity contribution is 7.99. The summed E-state index contributed by atoms with van der Waals surface area (Å²) in [4.78, 5) is 28.1. The number of nitrogens with zero attached hydrogens (tertiary/aromatic N) is 6. The summed E-state index contributed by atoms with van der Waals surface area (Å²) in [6.45, 7) is 5.28. The second-order valence-electron chi connectivity index (χ2n) is 4.18. The van der Waals surface area contributed by atoms with Crippen LogP contribution >= 0.6 is 11.8 Å². The number of anilines is 2. The highest BCUT2D eigenvalue weighted by Crippen LogP contribution is 2.14. The number of ether oxygens (including phenoxy) is 1. The van der Waals surface area contributed by atoms with Gasteiger partial charge in [0.05, 0.1) is 12.9 Å². The van der Waals surface area contributed by atoms with Gasteiger partial charge in [0.15, 0.2) is 0 Å². The molecule has 0 spiro atoms. The van der Waals surface area contributed by atoms with Crippen molar-refractivity contribution in [2.45, 2.75) is 19.0 Å². The first-order valence-corrected chi connectivity index (χ1v) is 8.00. The standard InChI is InChI=1S/C12H18N8O2S/c1-4-13-9-16-10(14-5-2)18-11(17-9)20-7-15-12(19-20)23-6-8(21)22-3/h7H,4-6H2,1-3H3,(H2,13,14,16,17,18). The average Bonchev–Trinajstić information content (AvgIpc) is 3.02. The van der Waals surface area contributed by atoms with Gasteiger partial charge in [0.2, 0.25) is 17.1 Å². The van der Waals surface area contributed by atoms with Crippen molar-refractivity contribution in [2.24, 2.45) is 0 Å². The average molecular weight is 338 g/mol. The van der Waals surface area contributed by atoms with Gasteiger partial charge in [-0.3, -0.25) is 4.79 Å². The molecular weight excluding hydrogens is 320 g/mol. The van der Waals surface area contributed by atoms with Crippen LogP contribution in [0, 0.1) is 0 Å². The highest BCUT2D eigenvalue weighted by Gasteiger charge is 2.11. The predicted octanol–water partition coefficient (Wildman–Crippen LogP) is 0.581. The van der Waals surface area contributed by atoms with Gasteiger partial charge >= 0.3 is 5.97 Å². The second kappa shape index (κ2) is 8.27. The fourth-order valence-corrected chi connectivity index (χ4v) is 2.17. The molecule has 2 aromatic rings. The lowest BCUT2D eigenvalue weighted by Gasteiger charge is -2.07. The summed E-state index contributed by atoms with van der Waals surface area (Å²) in [7, 11) is 1.34. The minimum Gasteiger partial charge on any atom is -0.468 e. The van der Waals surface area contributed by atoms with Gasteiger partial charge in [-0.05, 0) is 13.8 Å². The van der Waals surface area contributed by atoms with Gasteiger partial charge < -0.3 is 15.4 Å². The number of carbonyl (C=O) groups is 1. The van der Waals surface area contributed by atoms with E-state index in [0.717, 1.165) is 0 Å². The molecule has 0 aromatic carbocycles. The second-order valence-corrected chi connectivity index (χ2v) is 5.12. The third-order valence-electron chi connectivity index (χ3n) is 2.52. The number of esters is 1. The predicted molar refractivity (Wildman–Crippen MR) is 85.8 cm³/mol. The monoisotopic (exact) mass is 338 g/mol. The number of hydrogen-bond acceptors (Lipinski definition) is 10. The molecule has 0 saturated heterocycles. The molecule has 0 unspecified atom stereocenters. The quantitative estimate of drug-likeness (QED) is 0.522. The maximum absolute atomic E-state index is 11.1. The van der Waals surface area contributed by atoms with E-state index in [2.05, 4.69) is 40.4 Å². The first-order chi connectivity index (χ1) is 11.2. The normalized spacial score (nSPS) is 10.4. The molecule has 2 rings (SSSR count). The number of nitrogens with one attached hydrogen (secondary N) is 2. The Kier molecular flexibility index (Phi) is 6.09. The van der Waals surface area contributed by atoms with Gasteiger partial charge in [0.25, 0.3) is 5.95 Å². The van der Waals surface area contributed by atoms with Crippen LogP contribution < -0.4 is 10.6 Å². The fraction of sp³-hybridized carbons (Fsp3) is 0.500. The molecule has 0 aliphatic heterocycles. The number of rotatable bonds is 8. The van der Waals surface area contributed by atoms with Crippen LogP contribution in [0.1, 0.15) is 13.8 Å². The van der Waals surface area contributed by atoms with E-state index in [4.69, 9.17) is 0 Å². The molecule has 0 saturated carbocycles. The number of aromatic nitrogens is 6. The lowest BCUT2D eigenvalue weighted by Crippen LogP contribution is -2.12. The number of methoxy groups -OCH3 is 1. The largest absolute Gasteiger partial charge is 0.468 e. The van der Waals surface area contributed by atoms with E-state index < -0.39 is 0 Å². The molecule has 11 heteroatoms. The smallest absolute Gasteiger partial charge is 0.316 e. The Morgan fingerprint density at radius 1 is 1.22 bits per heavy atom. The van der Waals surface area contributed by atoms with Crippen LogP contribution in [-0.2, 0) is 9.53 Å². The van der Waals surface area contributed by atoms with Crippen LogP contribution in [0.15, 0.2) is 11.5 Å². The Morgan fingerprint density at radius 3 is 2.43 bits per heavy atom. The van der Waals surface area contributed by atoms with Gasteiger partial charge in [-0.15, -0.1) is 5.10 Å². The van der Waals surface area contributed by atoms with Crippen molar-refractivity contribution in [3.8, 4) is 5.95 Å². The first kappa shape index (κ1) is 16.9. The van der Waals surface area contributed by atoms with E-state index in [0.29, 0.717) is 36.1 Å². The highest BCUT2D eigenvalue weighted by atomic mass is 32.2. The summed E-state index contributed by atoms with van der Waals surface area (Å²) in [6, 6.07) is 0. The van der Waals surface area contributed by atoms with Gasteiger partial charge in [-0.25, -0.2) is 4.98 Å². The summed E-state index contributed by atoms with van der Waals surface area (Å²) in [5.41, 5.74) is 0. The summed E-state index contributed by atoms with van der Waals surface area (Å²) in [5.74, 6) is 1.04. The molecule has 23 heavy (non-hydrogen) atoms. The van der Waals surface area contributed by atoms with E-state index in [-0.39, 0.29) is 11.7 Å². The Morgan fingerprint density at radius 2 is 1.87 bits per heavy atom. The number of hydrogen-bond donors (Lipinski definition) is 2. The molecule has 124 valence electrons. The maximum atomic E-state index is 11.1. The number of thioether (sulfide) groups is 1. The Hall–Kier alpha value is -2.43. The Labute approximate surface area is 137 Å². The van der Waals surface area contributed by atoms with E-state index in [1.54, 1.807) is 0 Å². The zero-order valence-corrected chi connectivity index (χ0v) is 13.9. The van der Waals surface area contributed by atoms with E-state index in [9.17, 15) is 4.79 Å². The number of carbonyl (C=O) groups excluding carboxylic acids is 1. The minimum atomic E-state index is -0.338. The van der Waals surface area contributed by atoms with Crippen molar-refractivity contribution in [1.29, 1.82) is 0 Å². The van der Waals surface area contributed by atoms with Gasteiger partial charge in [-0.1, -0.05) is 11.8 Å².